The van der Waals surface area contributed by atoms with Crippen LogP contribution < -0.4 is 14.8 Å². The van der Waals surface area contributed by atoms with Crippen LogP contribution >= 0.6 is 23.2 Å². The molecule has 1 atom stereocenters. The molecule has 11 heteroatoms. The Morgan fingerprint density at radius 1 is 1.15 bits per heavy atom. The van der Waals surface area contributed by atoms with Gasteiger partial charge in [-0.3, -0.25) is 0 Å². The number of benzene rings is 2. The second-order valence-electron chi connectivity index (χ2n) is 7.91. The molecular formula is C23H23Cl2N5O4. The Morgan fingerprint density at radius 3 is 2.65 bits per heavy atom. The van der Waals surface area contributed by atoms with Gasteiger partial charge in [0.15, 0.2) is 11.5 Å². The van der Waals surface area contributed by atoms with Crippen LogP contribution in [-0.4, -0.2) is 39.4 Å². The minimum atomic E-state index is -0.615. The molecule has 1 unspecified atom stereocenters. The molecule has 2 aromatic carbocycles. The number of nitrogens with one attached hydrogen (secondary N) is 1. The highest BCUT2D eigenvalue weighted by Gasteiger charge is 2.35. The number of aromatic nitrogens is 4. The molecule has 0 saturated heterocycles. The van der Waals surface area contributed by atoms with E-state index >= 15 is 0 Å². The summed E-state index contributed by atoms with van der Waals surface area (Å²) in [5, 5.41) is 15.8. The van der Waals surface area contributed by atoms with Crippen LogP contribution in [0.15, 0.2) is 47.7 Å². The molecule has 1 aromatic heterocycles. The van der Waals surface area contributed by atoms with E-state index in [0.717, 1.165) is 11.1 Å². The summed E-state index contributed by atoms with van der Waals surface area (Å²) in [5.41, 5.74) is 2.59. The Hall–Kier alpha value is -3.30. The summed E-state index contributed by atoms with van der Waals surface area (Å²) in [4.78, 5) is 13.0. The molecule has 1 aliphatic rings. The molecule has 0 radical (unpaired) electrons. The lowest BCUT2D eigenvalue weighted by atomic mass is 9.95. The van der Waals surface area contributed by atoms with Gasteiger partial charge in [0, 0.05) is 5.70 Å². The number of fused-ring (bicyclic) bond motifs is 1. The fraction of sp³-hybridized carbons (Fsp3) is 0.304. The molecule has 1 aliphatic heterocycles. The number of esters is 1. The van der Waals surface area contributed by atoms with Crippen LogP contribution in [-0.2, 0) is 16.1 Å². The Balaban J connectivity index is 1.67. The van der Waals surface area contributed by atoms with Crippen molar-refractivity contribution in [3.63, 3.8) is 0 Å². The molecule has 0 fully saturated rings. The molecule has 0 aliphatic carbocycles. The van der Waals surface area contributed by atoms with Crippen molar-refractivity contribution in [1.29, 1.82) is 0 Å². The van der Waals surface area contributed by atoms with Crippen molar-refractivity contribution >= 4 is 35.1 Å². The standard InChI is InChI=1S/C23H23Cl2N5O4/c1-12(2)34-22(31)20-13(3)26-23-27-28-29-30(23)21(20)15-6-8-18(19(10-15)32-4)33-11-14-5-7-16(24)17(25)9-14/h5-10,12,21H,11H2,1-4H3,(H,26,27,29). The molecular weight excluding hydrogens is 481 g/mol. The van der Waals surface area contributed by atoms with Gasteiger partial charge in [0.1, 0.15) is 12.6 Å². The summed E-state index contributed by atoms with van der Waals surface area (Å²) >= 11 is 12.1. The van der Waals surface area contributed by atoms with Gasteiger partial charge in [0.2, 0.25) is 5.95 Å². The Morgan fingerprint density at radius 2 is 1.94 bits per heavy atom. The minimum absolute atomic E-state index is 0.266. The predicted molar refractivity (Wildman–Crippen MR) is 127 cm³/mol. The number of hydrogen-bond acceptors (Lipinski definition) is 8. The normalized spacial score (nSPS) is 15.1. The number of nitrogens with zero attached hydrogens (tertiary/aromatic N) is 4. The molecule has 2 heterocycles. The van der Waals surface area contributed by atoms with Crippen molar-refractivity contribution in [2.24, 2.45) is 0 Å². The number of methoxy groups -OCH3 is 1. The minimum Gasteiger partial charge on any atom is -0.493 e. The molecule has 0 spiro atoms. The van der Waals surface area contributed by atoms with Crippen LogP contribution in [0.25, 0.3) is 0 Å². The average molecular weight is 504 g/mol. The lowest BCUT2D eigenvalue weighted by molar-refractivity contribution is -0.143. The van der Waals surface area contributed by atoms with Crippen LogP contribution in [0, 0.1) is 0 Å². The van der Waals surface area contributed by atoms with Gasteiger partial charge in [0.05, 0.1) is 28.8 Å². The summed E-state index contributed by atoms with van der Waals surface area (Å²) in [6, 6.07) is 10.1. The van der Waals surface area contributed by atoms with Crippen molar-refractivity contribution < 1.29 is 19.0 Å². The van der Waals surface area contributed by atoms with Gasteiger partial charge in [-0.2, -0.15) is 4.68 Å². The molecule has 178 valence electrons. The molecule has 3 aromatic rings. The van der Waals surface area contributed by atoms with Gasteiger partial charge >= 0.3 is 5.97 Å². The van der Waals surface area contributed by atoms with Gasteiger partial charge in [-0.1, -0.05) is 40.4 Å². The quantitative estimate of drug-likeness (QED) is 0.458. The van der Waals surface area contributed by atoms with E-state index in [4.69, 9.17) is 37.4 Å². The maximum Gasteiger partial charge on any atom is 0.338 e. The van der Waals surface area contributed by atoms with Crippen molar-refractivity contribution in [3.05, 3.63) is 68.8 Å². The summed E-state index contributed by atoms with van der Waals surface area (Å²) in [5.74, 6) is 0.975. The Labute approximate surface area is 206 Å². The number of tetrazole rings is 1. The first kappa shape index (κ1) is 23.8. The second kappa shape index (κ2) is 9.90. The number of carbonyl (C=O) groups is 1. The van der Waals surface area contributed by atoms with E-state index in [2.05, 4.69) is 20.8 Å². The molecule has 0 bridgehead atoms. The third-order valence-corrected chi connectivity index (χ3v) is 5.90. The smallest absolute Gasteiger partial charge is 0.338 e. The lowest BCUT2D eigenvalue weighted by Gasteiger charge is -2.28. The monoisotopic (exact) mass is 503 g/mol. The zero-order valence-corrected chi connectivity index (χ0v) is 20.5. The lowest BCUT2D eigenvalue weighted by Crippen LogP contribution is -2.30. The zero-order valence-electron chi connectivity index (χ0n) is 19.0. The Bertz CT molecular complexity index is 1260. The summed E-state index contributed by atoms with van der Waals surface area (Å²) in [6.07, 6.45) is -0.282. The van der Waals surface area contributed by atoms with Crippen molar-refractivity contribution in [2.75, 3.05) is 12.4 Å². The summed E-state index contributed by atoms with van der Waals surface area (Å²) in [7, 11) is 1.55. The van der Waals surface area contributed by atoms with Crippen molar-refractivity contribution in [2.45, 2.75) is 39.5 Å². The number of halogens is 2. The number of carbonyl (C=O) groups excluding carboxylic acids is 1. The van der Waals surface area contributed by atoms with Crippen LogP contribution in [0.2, 0.25) is 10.0 Å². The average Bonchev–Trinajstić information content (AvgIpc) is 3.26. The Kier molecular flexibility index (Phi) is 6.95. The number of ether oxygens (including phenoxy) is 3. The first-order chi connectivity index (χ1) is 16.3. The van der Waals surface area contributed by atoms with E-state index in [-0.39, 0.29) is 12.7 Å². The van der Waals surface area contributed by atoms with E-state index in [1.165, 1.54) is 4.68 Å². The molecule has 4 rings (SSSR count). The number of allylic oxidation sites excluding steroid dienone is 1. The highest BCUT2D eigenvalue weighted by atomic mass is 35.5. The molecule has 34 heavy (non-hydrogen) atoms. The van der Waals surface area contributed by atoms with Crippen LogP contribution in [0.3, 0.4) is 0 Å². The highest BCUT2D eigenvalue weighted by molar-refractivity contribution is 6.42. The highest BCUT2D eigenvalue weighted by Crippen LogP contribution is 2.39. The third kappa shape index (κ3) is 4.80. The maximum atomic E-state index is 13.0. The van der Waals surface area contributed by atoms with Crippen molar-refractivity contribution in [1.82, 2.24) is 20.2 Å². The van der Waals surface area contributed by atoms with Gasteiger partial charge in [0.25, 0.3) is 0 Å². The summed E-state index contributed by atoms with van der Waals surface area (Å²) < 4.78 is 18.6. The van der Waals surface area contributed by atoms with Crippen LogP contribution in [0.5, 0.6) is 11.5 Å². The second-order valence-corrected chi connectivity index (χ2v) is 8.73. The summed E-state index contributed by atoms with van der Waals surface area (Å²) in [6.45, 7) is 5.64. The number of anilines is 1. The largest absolute Gasteiger partial charge is 0.493 e. The first-order valence-corrected chi connectivity index (χ1v) is 11.3. The first-order valence-electron chi connectivity index (χ1n) is 10.5. The van der Waals surface area contributed by atoms with Gasteiger partial charge in [-0.25, -0.2) is 4.79 Å². The fourth-order valence-corrected chi connectivity index (χ4v) is 3.95. The SMILES string of the molecule is COc1cc(C2C(C(=O)OC(C)C)=C(C)Nc3nnnn32)ccc1OCc1ccc(Cl)c(Cl)c1. The van der Waals surface area contributed by atoms with Crippen LogP contribution in [0.4, 0.5) is 5.95 Å². The van der Waals surface area contributed by atoms with E-state index in [0.29, 0.717) is 38.8 Å². The molecule has 1 N–H and O–H groups in total. The predicted octanol–water partition coefficient (Wildman–Crippen LogP) is 4.81. The van der Waals surface area contributed by atoms with E-state index in [1.54, 1.807) is 52.1 Å². The molecule has 0 saturated carbocycles. The van der Waals surface area contributed by atoms with Gasteiger partial charge < -0.3 is 19.5 Å². The maximum absolute atomic E-state index is 13.0. The number of rotatable bonds is 7. The van der Waals surface area contributed by atoms with E-state index < -0.39 is 12.0 Å². The number of hydrogen-bond donors (Lipinski definition) is 1. The van der Waals surface area contributed by atoms with E-state index in [9.17, 15) is 4.79 Å². The van der Waals surface area contributed by atoms with E-state index in [1.807, 2.05) is 12.1 Å². The fourth-order valence-electron chi connectivity index (χ4n) is 3.63. The topological polar surface area (TPSA) is 100 Å². The molecule has 0 amide bonds. The van der Waals surface area contributed by atoms with Crippen molar-refractivity contribution in [3.8, 4) is 11.5 Å². The third-order valence-electron chi connectivity index (χ3n) is 5.16. The van der Waals surface area contributed by atoms with Gasteiger partial charge in [-0.15, -0.1) is 0 Å². The molecule has 9 nitrogen and oxygen atoms in total. The van der Waals surface area contributed by atoms with Crippen LogP contribution in [0.1, 0.15) is 37.9 Å². The van der Waals surface area contributed by atoms with Gasteiger partial charge in [-0.05, 0) is 66.6 Å². The zero-order chi connectivity index (χ0) is 24.4.